The van der Waals surface area contributed by atoms with E-state index in [2.05, 4.69) is 14.5 Å². The normalized spacial score (nSPS) is 11.0. The third kappa shape index (κ3) is 5.91. The molecule has 2 rings (SSSR count). The van der Waals surface area contributed by atoms with Crippen LogP contribution in [0.5, 0.6) is 5.75 Å². The van der Waals surface area contributed by atoms with Crippen molar-refractivity contribution >= 4 is 34.4 Å². The number of carboxylic acids is 1. The first-order valence-corrected chi connectivity index (χ1v) is 7.18. The molecule has 0 aliphatic heterocycles. The molecular weight excluding hydrogens is 405 g/mol. The number of fused-ring (bicyclic) bond motifs is 1. The second-order valence-corrected chi connectivity index (χ2v) is 5.19. The molecule has 0 atom stereocenters. The van der Waals surface area contributed by atoms with Crippen molar-refractivity contribution in [2.75, 3.05) is 7.11 Å². The Morgan fingerprint density at radius 1 is 1.26 bits per heavy atom. The molecule has 6 nitrogen and oxygen atoms in total. The van der Waals surface area contributed by atoms with Crippen molar-refractivity contribution in [2.24, 2.45) is 0 Å². The molecule has 1 heterocycles. The second-order valence-electron chi connectivity index (χ2n) is 4.78. The van der Waals surface area contributed by atoms with Crippen molar-refractivity contribution in [1.29, 1.82) is 0 Å². The lowest BCUT2D eigenvalue weighted by atomic mass is 10.1. The lowest BCUT2D eigenvalue weighted by molar-refractivity contribution is -0.192. The van der Waals surface area contributed by atoms with E-state index in [4.69, 9.17) is 21.5 Å². The van der Waals surface area contributed by atoms with E-state index < -0.39 is 24.7 Å². The van der Waals surface area contributed by atoms with Crippen LogP contribution in [0.3, 0.4) is 0 Å². The number of benzene rings is 1. The van der Waals surface area contributed by atoms with Crippen LogP contribution in [0.2, 0.25) is 5.02 Å². The van der Waals surface area contributed by atoms with Crippen molar-refractivity contribution in [2.45, 2.75) is 19.7 Å². The van der Waals surface area contributed by atoms with Crippen LogP contribution in [-0.4, -0.2) is 41.9 Å². The Kier molecular flexibility index (Phi) is 7.28. The highest BCUT2D eigenvalue weighted by Crippen LogP contribution is 2.35. The first-order chi connectivity index (χ1) is 12.4. The minimum Gasteiger partial charge on any atom is -0.475 e. The van der Waals surface area contributed by atoms with Gasteiger partial charge in [0.15, 0.2) is 0 Å². The number of nitrogens with zero attached hydrogens (tertiary/aromatic N) is 1. The van der Waals surface area contributed by atoms with E-state index in [-0.39, 0.29) is 16.3 Å². The first kappa shape index (κ1) is 22.4. The number of hydrogen-bond acceptors (Lipinski definition) is 5. The Hall–Kier alpha value is -2.69. The number of aliphatic carboxylic acids is 1. The van der Waals surface area contributed by atoms with Gasteiger partial charge in [-0.05, 0) is 19.1 Å². The van der Waals surface area contributed by atoms with Crippen LogP contribution in [-0.2, 0) is 9.53 Å². The van der Waals surface area contributed by atoms with Gasteiger partial charge in [0.2, 0.25) is 0 Å². The summed E-state index contributed by atoms with van der Waals surface area (Å²) < 4.78 is 65.4. The van der Waals surface area contributed by atoms with Gasteiger partial charge in [0.25, 0.3) is 0 Å². The number of hydrogen-bond donors (Lipinski definition) is 1. The highest BCUT2D eigenvalue weighted by atomic mass is 35.5. The number of carbonyl (C=O) groups is 2. The van der Waals surface area contributed by atoms with Gasteiger partial charge in [-0.3, -0.25) is 4.98 Å². The van der Waals surface area contributed by atoms with Crippen LogP contribution in [0, 0.1) is 6.92 Å². The monoisotopic (exact) mass is 415 g/mol. The fourth-order valence-electron chi connectivity index (χ4n) is 1.86. The molecule has 148 valence electrons. The van der Waals surface area contributed by atoms with E-state index >= 15 is 0 Å². The molecule has 0 amide bonds. The molecule has 0 aliphatic rings. The van der Waals surface area contributed by atoms with Crippen LogP contribution in [0.15, 0.2) is 18.3 Å². The van der Waals surface area contributed by atoms with E-state index in [9.17, 15) is 26.7 Å². The number of alkyl halides is 5. The lowest BCUT2D eigenvalue weighted by Crippen LogP contribution is -2.21. The van der Waals surface area contributed by atoms with Gasteiger partial charge in [-0.15, -0.1) is 0 Å². The quantitative estimate of drug-likeness (QED) is 0.597. The van der Waals surface area contributed by atoms with Gasteiger partial charge < -0.3 is 14.6 Å². The van der Waals surface area contributed by atoms with Crippen LogP contribution >= 0.6 is 11.6 Å². The minimum atomic E-state index is -5.08. The summed E-state index contributed by atoms with van der Waals surface area (Å²) in [5.74, 6) is -3.42. The van der Waals surface area contributed by atoms with Gasteiger partial charge >= 0.3 is 24.7 Å². The number of esters is 1. The first-order valence-electron chi connectivity index (χ1n) is 6.80. The molecule has 1 aromatic carbocycles. The molecule has 2 aromatic rings. The van der Waals surface area contributed by atoms with E-state index in [1.165, 1.54) is 25.4 Å². The maximum absolute atomic E-state index is 12.3. The maximum Gasteiger partial charge on any atom is 0.490 e. The van der Waals surface area contributed by atoms with Crippen molar-refractivity contribution in [1.82, 2.24) is 4.98 Å². The summed E-state index contributed by atoms with van der Waals surface area (Å²) >= 11 is 5.92. The fraction of sp³-hybridized carbons (Fsp3) is 0.267. The van der Waals surface area contributed by atoms with Crippen LogP contribution in [0.4, 0.5) is 22.0 Å². The van der Waals surface area contributed by atoms with Gasteiger partial charge in [-0.2, -0.15) is 22.0 Å². The predicted molar refractivity (Wildman–Crippen MR) is 83.2 cm³/mol. The molecule has 0 fully saturated rings. The van der Waals surface area contributed by atoms with Crippen LogP contribution < -0.4 is 4.74 Å². The van der Waals surface area contributed by atoms with Crippen LogP contribution in [0.1, 0.15) is 15.9 Å². The summed E-state index contributed by atoms with van der Waals surface area (Å²) in [6.07, 6.45) is -3.78. The van der Waals surface area contributed by atoms with Crippen molar-refractivity contribution in [3.8, 4) is 5.75 Å². The number of ether oxygens (including phenoxy) is 2. The zero-order valence-corrected chi connectivity index (χ0v) is 14.4. The minimum absolute atomic E-state index is 0.0270. The molecule has 0 unspecified atom stereocenters. The van der Waals surface area contributed by atoms with E-state index in [0.717, 1.165) is 0 Å². The Morgan fingerprint density at radius 3 is 2.26 bits per heavy atom. The van der Waals surface area contributed by atoms with E-state index in [1.54, 1.807) is 6.92 Å². The number of carboxylic acid groups (broad SMARTS) is 1. The van der Waals surface area contributed by atoms with Gasteiger partial charge in [0.1, 0.15) is 5.75 Å². The average Bonchev–Trinajstić information content (AvgIpc) is 2.56. The molecule has 0 bridgehead atoms. The second kappa shape index (κ2) is 8.80. The Bertz CT molecular complexity index is 857. The molecule has 0 saturated heterocycles. The lowest BCUT2D eigenvalue weighted by Gasteiger charge is -2.12. The number of rotatable bonds is 3. The summed E-state index contributed by atoms with van der Waals surface area (Å²) in [5.41, 5.74) is 1.06. The van der Waals surface area contributed by atoms with E-state index in [0.29, 0.717) is 16.5 Å². The average molecular weight is 416 g/mol. The Morgan fingerprint density at radius 2 is 1.81 bits per heavy atom. The van der Waals surface area contributed by atoms with Gasteiger partial charge in [0.05, 0.1) is 23.2 Å². The van der Waals surface area contributed by atoms with Crippen molar-refractivity contribution in [3.05, 3.63) is 34.5 Å². The summed E-state index contributed by atoms with van der Waals surface area (Å²) in [5, 5.41) is 7.69. The number of aromatic nitrogens is 1. The zero-order chi connectivity index (χ0) is 20.9. The van der Waals surface area contributed by atoms with E-state index in [1.807, 2.05) is 0 Å². The third-order valence-electron chi connectivity index (χ3n) is 2.98. The molecule has 12 heteroatoms. The fourth-order valence-corrected chi connectivity index (χ4v) is 2.16. The summed E-state index contributed by atoms with van der Waals surface area (Å²) in [4.78, 5) is 24.4. The molecule has 27 heavy (non-hydrogen) atoms. The third-order valence-corrected chi connectivity index (χ3v) is 3.26. The number of halogens is 6. The standard InChI is InChI=1S/C13H10ClF2NO3.C2HF3O2/c1-6-10-7(3-8(5-17-10)12(18)19-2)4-9(14)11(6)20-13(15)16;3-2(4,5)1(6)7/h3-5,13H,1-2H3;(H,6,7). The summed E-state index contributed by atoms with van der Waals surface area (Å²) in [6.45, 7) is -1.41. The molecule has 0 saturated carbocycles. The SMILES string of the molecule is COC(=O)c1cnc2c(C)c(OC(F)F)c(Cl)cc2c1.O=C(O)C(F)(F)F. The summed E-state index contributed by atoms with van der Waals surface area (Å²) in [6, 6.07) is 2.94. The van der Waals surface area contributed by atoms with Crippen molar-refractivity contribution in [3.63, 3.8) is 0 Å². The predicted octanol–water partition coefficient (Wildman–Crippen LogP) is 4.22. The maximum atomic E-state index is 12.3. The summed E-state index contributed by atoms with van der Waals surface area (Å²) in [7, 11) is 1.25. The largest absolute Gasteiger partial charge is 0.490 e. The number of methoxy groups -OCH3 is 1. The Balaban J connectivity index is 0.000000445. The van der Waals surface area contributed by atoms with Gasteiger partial charge in [0, 0.05) is 17.1 Å². The molecule has 1 aromatic heterocycles. The molecule has 1 N–H and O–H groups in total. The molecule has 0 spiro atoms. The zero-order valence-electron chi connectivity index (χ0n) is 13.6. The van der Waals surface area contributed by atoms with Crippen molar-refractivity contribution < 1.29 is 46.1 Å². The highest BCUT2D eigenvalue weighted by molar-refractivity contribution is 6.33. The number of aryl methyl sites for hydroxylation is 1. The molecule has 0 aliphatic carbocycles. The van der Waals surface area contributed by atoms with Gasteiger partial charge in [-0.25, -0.2) is 9.59 Å². The number of pyridine rings is 1. The molecular formula is C15H11ClF5NO5. The van der Waals surface area contributed by atoms with Gasteiger partial charge in [-0.1, -0.05) is 11.6 Å². The Labute approximate surface area is 153 Å². The van der Waals surface area contributed by atoms with Crippen LogP contribution in [0.25, 0.3) is 10.9 Å². The smallest absolute Gasteiger partial charge is 0.475 e. The highest BCUT2D eigenvalue weighted by Gasteiger charge is 2.38. The number of carbonyl (C=O) groups excluding carboxylic acids is 1. The molecule has 0 radical (unpaired) electrons. The topological polar surface area (TPSA) is 85.7 Å².